The normalized spacial score (nSPS) is 22.7. The van der Waals surface area contributed by atoms with E-state index in [-0.39, 0.29) is 22.9 Å². The molecule has 0 aliphatic carbocycles. The van der Waals surface area contributed by atoms with Crippen LogP contribution in [0.2, 0.25) is 0 Å². The molecule has 2 aliphatic heterocycles. The number of nitrogens with zero attached hydrogens (tertiary/aromatic N) is 4. The van der Waals surface area contributed by atoms with Gasteiger partial charge in [0.2, 0.25) is 15.0 Å². The molecule has 2 aromatic heterocycles. The molecular weight excluding hydrogens is 406 g/mol. The maximum atomic E-state index is 12.4. The molecule has 10 heteroatoms. The number of fused-ring (bicyclic) bond motifs is 1. The van der Waals surface area contributed by atoms with Gasteiger partial charge in [0, 0.05) is 51.6 Å². The van der Waals surface area contributed by atoms with E-state index < -0.39 is 9.84 Å². The second kappa shape index (κ2) is 8.09. The predicted molar refractivity (Wildman–Crippen MR) is 112 cm³/mol. The van der Waals surface area contributed by atoms with E-state index in [0.29, 0.717) is 37.3 Å². The Morgan fingerprint density at radius 3 is 2.60 bits per heavy atom. The maximum Gasteiger partial charge on any atom is 0.256 e. The number of rotatable bonds is 4. The van der Waals surface area contributed by atoms with E-state index in [2.05, 4.69) is 44.7 Å². The predicted octanol–water partition coefficient (Wildman–Crippen LogP) is 0.740. The zero-order chi connectivity index (χ0) is 21.5. The van der Waals surface area contributed by atoms with Crippen molar-refractivity contribution < 1.29 is 13.2 Å². The van der Waals surface area contributed by atoms with Crippen LogP contribution in [0.3, 0.4) is 0 Å². The number of aromatic nitrogens is 3. The molecule has 1 saturated heterocycles. The highest BCUT2D eigenvalue weighted by molar-refractivity contribution is 7.90. The topological polar surface area (TPSA) is 108 Å². The molecule has 1 N–H and O–H groups in total. The Hall–Kier alpha value is -2.30. The van der Waals surface area contributed by atoms with Gasteiger partial charge in [0.15, 0.2) is 0 Å². The minimum atomic E-state index is -3.54. The van der Waals surface area contributed by atoms with Crippen LogP contribution >= 0.6 is 0 Å². The Morgan fingerprint density at radius 1 is 1.23 bits per heavy atom. The molecule has 1 fully saturated rings. The van der Waals surface area contributed by atoms with Gasteiger partial charge in [-0.25, -0.2) is 18.4 Å². The molecule has 2 aliphatic rings. The first-order valence-electron chi connectivity index (χ1n) is 10.1. The van der Waals surface area contributed by atoms with Gasteiger partial charge in [0.1, 0.15) is 5.82 Å². The van der Waals surface area contributed by atoms with Gasteiger partial charge in [-0.2, -0.15) is 0 Å². The van der Waals surface area contributed by atoms with Crippen molar-refractivity contribution in [1.29, 1.82) is 0 Å². The Balaban J connectivity index is 1.44. The van der Waals surface area contributed by atoms with Crippen molar-refractivity contribution in [2.24, 2.45) is 0 Å². The number of morpholine rings is 1. The number of anilines is 1. The zero-order valence-corrected chi connectivity index (χ0v) is 18.3. The van der Waals surface area contributed by atoms with Crippen LogP contribution in [0.4, 0.5) is 5.82 Å². The largest absolute Gasteiger partial charge is 0.372 e. The van der Waals surface area contributed by atoms with Crippen molar-refractivity contribution in [2.75, 3.05) is 30.8 Å². The molecule has 9 nitrogen and oxygen atoms in total. The Bertz CT molecular complexity index is 1070. The van der Waals surface area contributed by atoms with Crippen molar-refractivity contribution in [1.82, 2.24) is 19.9 Å². The molecular formula is C20H27N5O4S. The number of hydrogen-bond acceptors (Lipinski definition) is 8. The van der Waals surface area contributed by atoms with Crippen LogP contribution in [-0.2, 0) is 34.1 Å². The van der Waals surface area contributed by atoms with Gasteiger partial charge >= 0.3 is 0 Å². The standard InChI is InChI=1S/C20H27N5O4S/c1-13-9-25(10-14(2)29-13)18-5-4-15(8-21-18)11-24-7-6-17-16(12-24)19(26)23-20(22-17)30(3,27)28/h4-5,8,13-14H,6-7,9-12H2,1-3H3,(H,22,23,26). The molecule has 30 heavy (non-hydrogen) atoms. The van der Waals surface area contributed by atoms with E-state index >= 15 is 0 Å². The van der Waals surface area contributed by atoms with E-state index in [1.54, 1.807) is 0 Å². The lowest BCUT2D eigenvalue weighted by atomic mass is 10.1. The number of nitrogens with one attached hydrogen (secondary N) is 1. The monoisotopic (exact) mass is 433 g/mol. The lowest BCUT2D eigenvalue weighted by Gasteiger charge is -2.36. The van der Waals surface area contributed by atoms with Crippen molar-refractivity contribution in [3.63, 3.8) is 0 Å². The number of H-pyrrole nitrogens is 1. The number of ether oxygens (including phenoxy) is 1. The van der Waals surface area contributed by atoms with Gasteiger partial charge in [0.05, 0.1) is 23.5 Å². The van der Waals surface area contributed by atoms with Crippen LogP contribution in [-0.4, -0.2) is 66.4 Å². The molecule has 0 bridgehead atoms. The van der Waals surface area contributed by atoms with Crippen LogP contribution in [0, 0.1) is 0 Å². The Kier molecular flexibility index (Phi) is 5.65. The summed E-state index contributed by atoms with van der Waals surface area (Å²) in [5, 5.41) is -0.258. The first kappa shape index (κ1) is 21.0. The highest BCUT2D eigenvalue weighted by Crippen LogP contribution is 2.20. The average molecular weight is 434 g/mol. The van der Waals surface area contributed by atoms with Gasteiger partial charge in [-0.05, 0) is 25.5 Å². The van der Waals surface area contributed by atoms with Crippen LogP contribution in [0.15, 0.2) is 28.3 Å². The first-order chi connectivity index (χ1) is 14.2. The molecule has 2 unspecified atom stereocenters. The number of hydrogen-bond donors (Lipinski definition) is 1. The highest BCUT2D eigenvalue weighted by atomic mass is 32.2. The van der Waals surface area contributed by atoms with Crippen molar-refractivity contribution >= 4 is 15.7 Å². The fourth-order valence-electron chi connectivity index (χ4n) is 4.09. The van der Waals surface area contributed by atoms with Gasteiger partial charge in [-0.15, -0.1) is 0 Å². The molecule has 0 saturated carbocycles. The summed E-state index contributed by atoms with van der Waals surface area (Å²) in [5.74, 6) is 0.943. The van der Waals surface area contributed by atoms with E-state index in [1.165, 1.54) is 0 Å². The van der Waals surface area contributed by atoms with Gasteiger partial charge in [-0.3, -0.25) is 14.7 Å². The van der Waals surface area contributed by atoms with Gasteiger partial charge in [0.25, 0.3) is 5.56 Å². The summed E-state index contributed by atoms with van der Waals surface area (Å²) in [6.07, 6.45) is 3.82. The summed E-state index contributed by atoms with van der Waals surface area (Å²) in [4.78, 5) is 28.0. The SMILES string of the molecule is CC1CN(c2ccc(CN3CCc4nc(S(C)(=O)=O)[nH]c(=O)c4C3)cn2)CC(C)O1. The summed E-state index contributed by atoms with van der Waals surface area (Å²) < 4.78 is 29.2. The smallest absolute Gasteiger partial charge is 0.256 e. The van der Waals surface area contributed by atoms with E-state index in [0.717, 1.165) is 30.7 Å². The molecule has 2 atom stereocenters. The van der Waals surface area contributed by atoms with Crippen LogP contribution in [0.25, 0.3) is 0 Å². The van der Waals surface area contributed by atoms with Crippen molar-refractivity contribution in [3.8, 4) is 0 Å². The van der Waals surface area contributed by atoms with Crippen molar-refractivity contribution in [2.45, 2.75) is 50.7 Å². The summed E-state index contributed by atoms with van der Waals surface area (Å²) in [6.45, 7) is 7.59. The molecule has 0 aromatic carbocycles. The second-order valence-corrected chi connectivity index (χ2v) is 10.1. The molecule has 0 spiro atoms. The number of pyridine rings is 1. The lowest BCUT2D eigenvalue weighted by molar-refractivity contribution is -0.00546. The first-order valence-corrected chi connectivity index (χ1v) is 12.0. The van der Waals surface area contributed by atoms with Crippen LogP contribution in [0.1, 0.15) is 30.7 Å². The van der Waals surface area contributed by atoms with Gasteiger partial charge in [-0.1, -0.05) is 6.07 Å². The molecule has 4 heterocycles. The van der Waals surface area contributed by atoms with E-state index in [1.807, 2.05) is 12.3 Å². The third-order valence-electron chi connectivity index (χ3n) is 5.44. The molecule has 0 radical (unpaired) electrons. The van der Waals surface area contributed by atoms with E-state index in [4.69, 9.17) is 4.74 Å². The number of aromatic amines is 1. The Morgan fingerprint density at radius 2 is 1.97 bits per heavy atom. The fourth-order valence-corrected chi connectivity index (χ4v) is 4.64. The summed E-state index contributed by atoms with van der Waals surface area (Å²) in [6, 6.07) is 4.10. The minimum Gasteiger partial charge on any atom is -0.372 e. The molecule has 4 rings (SSSR count). The fraction of sp³-hybridized carbons (Fsp3) is 0.550. The second-order valence-electron chi connectivity index (χ2n) is 8.22. The van der Waals surface area contributed by atoms with Crippen LogP contribution < -0.4 is 10.5 Å². The molecule has 2 aromatic rings. The quantitative estimate of drug-likeness (QED) is 0.704. The highest BCUT2D eigenvalue weighted by Gasteiger charge is 2.25. The van der Waals surface area contributed by atoms with Crippen molar-refractivity contribution in [3.05, 3.63) is 45.5 Å². The summed E-state index contributed by atoms with van der Waals surface area (Å²) in [5.41, 5.74) is 1.79. The third-order valence-corrected chi connectivity index (χ3v) is 6.33. The minimum absolute atomic E-state index is 0.179. The zero-order valence-electron chi connectivity index (χ0n) is 17.5. The molecule has 0 amide bonds. The van der Waals surface area contributed by atoms with Gasteiger partial charge < -0.3 is 9.64 Å². The van der Waals surface area contributed by atoms with E-state index in [9.17, 15) is 13.2 Å². The average Bonchev–Trinajstić information content (AvgIpc) is 2.67. The molecule has 162 valence electrons. The summed E-state index contributed by atoms with van der Waals surface area (Å²) >= 11 is 0. The number of sulfone groups is 1. The van der Waals surface area contributed by atoms with Crippen LogP contribution in [0.5, 0.6) is 0 Å². The lowest BCUT2D eigenvalue weighted by Crippen LogP contribution is -2.45. The third kappa shape index (κ3) is 4.55. The Labute approximate surface area is 176 Å². The maximum absolute atomic E-state index is 12.4. The summed E-state index contributed by atoms with van der Waals surface area (Å²) in [7, 11) is -3.54.